The highest BCUT2D eigenvalue weighted by Crippen LogP contribution is 2.40. The number of nitrogens with zero attached hydrogens (tertiary/aromatic N) is 1. The lowest BCUT2D eigenvalue weighted by Crippen LogP contribution is -2.46. The van der Waals surface area contributed by atoms with Gasteiger partial charge in [0.05, 0.1) is 7.11 Å². The van der Waals surface area contributed by atoms with Crippen molar-refractivity contribution in [2.45, 2.75) is 44.7 Å². The Morgan fingerprint density at radius 3 is 2.20 bits per heavy atom. The average Bonchev–Trinajstić information content (AvgIpc) is 3.06. The standard InChI is InChI=1S/C12H21NO2/c1-8(9-4-5-9)13(2)11(10-6-7-10)12(14)15-3/h8-11H,4-7H2,1-3H3. The minimum atomic E-state index is -0.0486. The zero-order valence-electron chi connectivity index (χ0n) is 9.90. The Hall–Kier alpha value is -0.570. The van der Waals surface area contributed by atoms with E-state index in [1.165, 1.54) is 32.8 Å². The fraction of sp³-hybridized carbons (Fsp3) is 0.917. The molecule has 0 spiro atoms. The molecule has 0 aromatic rings. The molecule has 0 aliphatic heterocycles. The van der Waals surface area contributed by atoms with Gasteiger partial charge in [-0.15, -0.1) is 0 Å². The van der Waals surface area contributed by atoms with Gasteiger partial charge < -0.3 is 4.74 Å². The average molecular weight is 211 g/mol. The van der Waals surface area contributed by atoms with Gasteiger partial charge in [0.2, 0.25) is 0 Å². The monoisotopic (exact) mass is 211 g/mol. The van der Waals surface area contributed by atoms with Crippen molar-refractivity contribution >= 4 is 5.97 Å². The van der Waals surface area contributed by atoms with Crippen molar-refractivity contribution in [1.82, 2.24) is 4.90 Å². The van der Waals surface area contributed by atoms with Crippen molar-refractivity contribution in [3.8, 4) is 0 Å². The second-order valence-electron chi connectivity index (χ2n) is 5.05. The molecule has 2 rings (SSSR count). The maximum Gasteiger partial charge on any atom is 0.323 e. The lowest BCUT2D eigenvalue weighted by Gasteiger charge is -2.31. The van der Waals surface area contributed by atoms with Crippen molar-refractivity contribution in [1.29, 1.82) is 0 Å². The Labute approximate surface area is 91.8 Å². The van der Waals surface area contributed by atoms with Gasteiger partial charge in [-0.25, -0.2) is 0 Å². The summed E-state index contributed by atoms with van der Waals surface area (Å²) in [6.45, 7) is 2.23. The van der Waals surface area contributed by atoms with Crippen molar-refractivity contribution in [3.05, 3.63) is 0 Å². The summed E-state index contributed by atoms with van der Waals surface area (Å²) in [7, 11) is 3.57. The summed E-state index contributed by atoms with van der Waals surface area (Å²) >= 11 is 0. The highest BCUT2D eigenvalue weighted by molar-refractivity contribution is 5.76. The van der Waals surface area contributed by atoms with Crippen molar-refractivity contribution in [2.75, 3.05) is 14.2 Å². The van der Waals surface area contributed by atoms with Crippen LogP contribution in [0.15, 0.2) is 0 Å². The molecule has 0 aromatic carbocycles. The van der Waals surface area contributed by atoms with E-state index in [9.17, 15) is 4.79 Å². The van der Waals surface area contributed by atoms with Gasteiger partial charge >= 0.3 is 5.97 Å². The minimum Gasteiger partial charge on any atom is -0.468 e. The molecule has 2 aliphatic rings. The van der Waals surface area contributed by atoms with E-state index in [2.05, 4.69) is 18.9 Å². The number of rotatable bonds is 5. The fourth-order valence-corrected chi connectivity index (χ4v) is 2.39. The Morgan fingerprint density at radius 1 is 1.27 bits per heavy atom. The van der Waals surface area contributed by atoms with Crippen LogP contribution in [0.25, 0.3) is 0 Å². The number of hydrogen-bond donors (Lipinski definition) is 0. The van der Waals surface area contributed by atoms with Gasteiger partial charge in [0.15, 0.2) is 0 Å². The van der Waals surface area contributed by atoms with E-state index in [1.807, 2.05) is 0 Å². The van der Waals surface area contributed by atoms with Gasteiger partial charge in [-0.1, -0.05) is 0 Å². The van der Waals surface area contributed by atoms with E-state index in [4.69, 9.17) is 4.74 Å². The molecule has 3 nitrogen and oxygen atoms in total. The minimum absolute atomic E-state index is 0.00519. The lowest BCUT2D eigenvalue weighted by atomic mass is 10.1. The Morgan fingerprint density at radius 2 is 1.80 bits per heavy atom. The molecule has 2 aliphatic carbocycles. The third-order valence-corrected chi connectivity index (χ3v) is 3.90. The van der Waals surface area contributed by atoms with Crippen LogP contribution in [-0.4, -0.2) is 37.1 Å². The van der Waals surface area contributed by atoms with E-state index in [0.717, 1.165) is 5.92 Å². The smallest absolute Gasteiger partial charge is 0.323 e. The maximum absolute atomic E-state index is 11.7. The van der Waals surface area contributed by atoms with E-state index >= 15 is 0 Å². The summed E-state index contributed by atoms with van der Waals surface area (Å²) in [6.07, 6.45) is 5.01. The first-order valence-electron chi connectivity index (χ1n) is 5.95. The first kappa shape index (κ1) is 10.9. The van der Waals surface area contributed by atoms with Crippen molar-refractivity contribution < 1.29 is 9.53 Å². The van der Waals surface area contributed by atoms with Crippen molar-refractivity contribution in [2.24, 2.45) is 11.8 Å². The van der Waals surface area contributed by atoms with Gasteiger partial charge in [-0.3, -0.25) is 9.69 Å². The molecule has 0 bridgehead atoms. The van der Waals surface area contributed by atoms with Crippen LogP contribution >= 0.6 is 0 Å². The van der Waals surface area contributed by atoms with E-state index < -0.39 is 0 Å². The normalized spacial score (nSPS) is 25.1. The van der Waals surface area contributed by atoms with Gasteiger partial charge in [0, 0.05) is 6.04 Å². The second-order valence-corrected chi connectivity index (χ2v) is 5.05. The molecule has 0 amide bonds. The zero-order valence-corrected chi connectivity index (χ0v) is 9.90. The lowest BCUT2D eigenvalue weighted by molar-refractivity contribution is -0.148. The molecule has 0 saturated heterocycles. The van der Waals surface area contributed by atoms with Crippen LogP contribution in [0.1, 0.15) is 32.6 Å². The summed E-state index contributed by atoms with van der Waals surface area (Å²) in [5, 5.41) is 0. The largest absolute Gasteiger partial charge is 0.468 e. The predicted molar refractivity (Wildman–Crippen MR) is 58.5 cm³/mol. The zero-order chi connectivity index (χ0) is 11.0. The van der Waals surface area contributed by atoms with E-state index in [0.29, 0.717) is 12.0 Å². The molecule has 2 fully saturated rings. The Kier molecular flexibility index (Phi) is 3.01. The summed E-state index contributed by atoms with van der Waals surface area (Å²) in [4.78, 5) is 14.0. The molecular formula is C12H21NO2. The summed E-state index contributed by atoms with van der Waals surface area (Å²) in [5.41, 5.74) is 0. The number of carbonyl (C=O) groups excluding carboxylic acids is 1. The fourth-order valence-electron chi connectivity index (χ4n) is 2.39. The number of esters is 1. The number of methoxy groups -OCH3 is 1. The molecule has 0 radical (unpaired) electrons. The van der Waals surface area contributed by atoms with E-state index in [1.54, 1.807) is 0 Å². The molecule has 0 heterocycles. The molecular weight excluding hydrogens is 190 g/mol. The SMILES string of the molecule is COC(=O)C(C1CC1)N(C)C(C)C1CC1. The molecule has 2 saturated carbocycles. The number of hydrogen-bond acceptors (Lipinski definition) is 3. The van der Waals surface area contributed by atoms with Gasteiger partial charge in [-0.05, 0) is 51.5 Å². The molecule has 0 N–H and O–H groups in total. The third-order valence-electron chi connectivity index (χ3n) is 3.90. The molecule has 2 atom stereocenters. The van der Waals surface area contributed by atoms with Gasteiger partial charge in [0.25, 0.3) is 0 Å². The third kappa shape index (κ3) is 2.33. The van der Waals surface area contributed by atoms with Crippen LogP contribution < -0.4 is 0 Å². The van der Waals surface area contributed by atoms with E-state index in [-0.39, 0.29) is 12.0 Å². The maximum atomic E-state index is 11.7. The van der Waals surface area contributed by atoms with Crippen LogP contribution in [0.5, 0.6) is 0 Å². The quantitative estimate of drug-likeness (QED) is 0.648. The number of carbonyl (C=O) groups is 1. The topological polar surface area (TPSA) is 29.5 Å². The summed E-state index contributed by atoms with van der Waals surface area (Å²) in [6, 6.07) is 0.528. The van der Waals surface area contributed by atoms with Crippen LogP contribution in [-0.2, 0) is 9.53 Å². The predicted octanol–water partition coefficient (Wildman–Crippen LogP) is 1.67. The number of likely N-dealkylation sites (N-methyl/N-ethyl adjacent to an activating group) is 1. The molecule has 2 unspecified atom stereocenters. The first-order valence-corrected chi connectivity index (χ1v) is 5.95. The second kappa shape index (κ2) is 4.12. The van der Waals surface area contributed by atoms with Gasteiger partial charge in [0.1, 0.15) is 6.04 Å². The first-order chi connectivity index (χ1) is 7.15. The summed E-state index contributed by atoms with van der Waals surface area (Å²) < 4.78 is 4.90. The highest BCUT2D eigenvalue weighted by atomic mass is 16.5. The van der Waals surface area contributed by atoms with Crippen molar-refractivity contribution in [3.63, 3.8) is 0 Å². The molecule has 15 heavy (non-hydrogen) atoms. The van der Waals surface area contributed by atoms with Crippen LogP contribution in [0.4, 0.5) is 0 Å². The molecule has 86 valence electrons. The highest BCUT2D eigenvalue weighted by Gasteiger charge is 2.43. The molecule has 0 aromatic heterocycles. The van der Waals surface area contributed by atoms with Crippen LogP contribution in [0.2, 0.25) is 0 Å². The van der Waals surface area contributed by atoms with Crippen LogP contribution in [0.3, 0.4) is 0 Å². The van der Waals surface area contributed by atoms with Gasteiger partial charge in [-0.2, -0.15) is 0 Å². The Bertz CT molecular complexity index is 246. The van der Waals surface area contributed by atoms with Crippen LogP contribution in [0, 0.1) is 11.8 Å². The Balaban J connectivity index is 1.99. The molecule has 3 heteroatoms. The number of ether oxygens (including phenoxy) is 1. The summed E-state index contributed by atoms with van der Waals surface area (Å²) in [5.74, 6) is 1.30.